The molecular formula is C15H24N4O. The molecule has 0 aromatic carbocycles. The van der Waals surface area contributed by atoms with Gasteiger partial charge in [-0.25, -0.2) is 9.97 Å². The lowest BCUT2D eigenvalue weighted by Crippen LogP contribution is -2.30. The third-order valence-corrected chi connectivity index (χ3v) is 4.44. The molecule has 5 heteroatoms. The van der Waals surface area contributed by atoms with Gasteiger partial charge in [0.15, 0.2) is 0 Å². The van der Waals surface area contributed by atoms with Gasteiger partial charge in [0.05, 0.1) is 6.10 Å². The van der Waals surface area contributed by atoms with Gasteiger partial charge in [-0.05, 0) is 31.6 Å². The monoisotopic (exact) mass is 276 g/mol. The van der Waals surface area contributed by atoms with Gasteiger partial charge in [0, 0.05) is 32.1 Å². The average Bonchev–Trinajstić information content (AvgIpc) is 3.21. The van der Waals surface area contributed by atoms with Gasteiger partial charge < -0.3 is 15.3 Å². The molecule has 2 N–H and O–H groups in total. The summed E-state index contributed by atoms with van der Waals surface area (Å²) < 4.78 is 0. The molecular weight excluding hydrogens is 252 g/mol. The standard InChI is InChI=1S/C15H24N4O/c1-19(9-12-3-2-4-13(12)20)15-7-14(17-10-18-15)16-8-11-5-6-11/h7,10-13,20H,2-6,8-9H2,1H3,(H,16,17,18)/t12-,13+/m1/s1. The minimum atomic E-state index is -0.147. The minimum Gasteiger partial charge on any atom is -0.393 e. The summed E-state index contributed by atoms with van der Waals surface area (Å²) in [6.07, 6.45) is 7.34. The van der Waals surface area contributed by atoms with Crippen molar-refractivity contribution in [3.63, 3.8) is 0 Å². The van der Waals surface area contributed by atoms with Crippen molar-refractivity contribution in [2.75, 3.05) is 30.4 Å². The lowest BCUT2D eigenvalue weighted by molar-refractivity contribution is 0.136. The Morgan fingerprint density at radius 2 is 2.15 bits per heavy atom. The van der Waals surface area contributed by atoms with Crippen molar-refractivity contribution >= 4 is 11.6 Å². The van der Waals surface area contributed by atoms with Gasteiger partial charge in [-0.2, -0.15) is 0 Å². The van der Waals surface area contributed by atoms with Crippen molar-refractivity contribution in [2.45, 2.75) is 38.2 Å². The predicted octanol–water partition coefficient (Wildman–Crippen LogP) is 1.90. The van der Waals surface area contributed by atoms with Gasteiger partial charge >= 0.3 is 0 Å². The van der Waals surface area contributed by atoms with Crippen molar-refractivity contribution in [1.29, 1.82) is 0 Å². The molecule has 20 heavy (non-hydrogen) atoms. The molecule has 0 saturated heterocycles. The fraction of sp³-hybridized carbons (Fsp3) is 0.733. The Labute approximate surface area is 120 Å². The highest BCUT2D eigenvalue weighted by molar-refractivity contribution is 5.48. The lowest BCUT2D eigenvalue weighted by Gasteiger charge is -2.24. The highest BCUT2D eigenvalue weighted by atomic mass is 16.3. The van der Waals surface area contributed by atoms with Crippen LogP contribution in [0.25, 0.3) is 0 Å². The molecule has 2 fully saturated rings. The summed E-state index contributed by atoms with van der Waals surface area (Å²) >= 11 is 0. The zero-order chi connectivity index (χ0) is 13.9. The van der Waals surface area contributed by atoms with E-state index in [1.807, 2.05) is 13.1 Å². The Hall–Kier alpha value is -1.36. The number of aromatic nitrogens is 2. The van der Waals surface area contributed by atoms with E-state index in [2.05, 4.69) is 20.2 Å². The number of aliphatic hydroxyl groups is 1. The molecule has 1 aromatic heterocycles. The fourth-order valence-corrected chi connectivity index (χ4v) is 2.90. The number of aliphatic hydroxyl groups excluding tert-OH is 1. The van der Waals surface area contributed by atoms with Crippen LogP contribution in [0.15, 0.2) is 12.4 Å². The number of nitrogens with one attached hydrogen (secondary N) is 1. The molecule has 1 heterocycles. The van der Waals surface area contributed by atoms with Crippen LogP contribution in [0, 0.1) is 11.8 Å². The summed E-state index contributed by atoms with van der Waals surface area (Å²) in [5.74, 6) is 3.04. The van der Waals surface area contributed by atoms with Crippen molar-refractivity contribution in [3.8, 4) is 0 Å². The van der Waals surface area contributed by atoms with Crippen molar-refractivity contribution in [2.24, 2.45) is 11.8 Å². The molecule has 2 atom stereocenters. The molecule has 2 saturated carbocycles. The van der Waals surface area contributed by atoms with Crippen molar-refractivity contribution in [3.05, 3.63) is 12.4 Å². The van der Waals surface area contributed by atoms with E-state index in [0.29, 0.717) is 5.92 Å². The highest BCUT2D eigenvalue weighted by Gasteiger charge is 2.26. The quantitative estimate of drug-likeness (QED) is 0.831. The van der Waals surface area contributed by atoms with Crippen LogP contribution >= 0.6 is 0 Å². The van der Waals surface area contributed by atoms with Crippen LogP contribution in [-0.4, -0.2) is 41.3 Å². The van der Waals surface area contributed by atoms with Gasteiger partial charge in [0.1, 0.15) is 18.0 Å². The first-order valence-electron chi connectivity index (χ1n) is 7.67. The Morgan fingerprint density at radius 3 is 2.85 bits per heavy atom. The van der Waals surface area contributed by atoms with Crippen LogP contribution in [0.3, 0.4) is 0 Å². The molecule has 0 amide bonds. The number of hydrogen-bond donors (Lipinski definition) is 2. The highest BCUT2D eigenvalue weighted by Crippen LogP contribution is 2.29. The first kappa shape index (κ1) is 13.6. The molecule has 0 unspecified atom stereocenters. The Bertz CT molecular complexity index is 449. The zero-order valence-corrected chi connectivity index (χ0v) is 12.1. The normalized spacial score (nSPS) is 25.7. The van der Waals surface area contributed by atoms with Gasteiger partial charge in [-0.1, -0.05) is 6.42 Å². The van der Waals surface area contributed by atoms with Crippen molar-refractivity contribution in [1.82, 2.24) is 9.97 Å². The van der Waals surface area contributed by atoms with Gasteiger partial charge in [0.2, 0.25) is 0 Å². The van der Waals surface area contributed by atoms with Crippen molar-refractivity contribution < 1.29 is 5.11 Å². The molecule has 2 aliphatic carbocycles. The second-order valence-corrected chi connectivity index (χ2v) is 6.22. The van der Waals surface area contributed by atoms with Crippen LogP contribution in [0.5, 0.6) is 0 Å². The average molecular weight is 276 g/mol. The Morgan fingerprint density at radius 1 is 1.30 bits per heavy atom. The third-order valence-electron chi connectivity index (χ3n) is 4.44. The van der Waals surface area contributed by atoms with E-state index in [1.165, 1.54) is 12.8 Å². The zero-order valence-electron chi connectivity index (χ0n) is 12.1. The Kier molecular flexibility index (Phi) is 4.05. The van der Waals surface area contributed by atoms with E-state index in [9.17, 15) is 5.11 Å². The van der Waals surface area contributed by atoms with E-state index in [4.69, 9.17) is 0 Å². The maximum Gasteiger partial charge on any atom is 0.133 e. The molecule has 0 spiro atoms. The maximum absolute atomic E-state index is 9.92. The van der Waals surface area contributed by atoms with E-state index in [-0.39, 0.29) is 6.10 Å². The predicted molar refractivity (Wildman–Crippen MR) is 79.9 cm³/mol. The SMILES string of the molecule is CN(C[C@H]1CCC[C@@H]1O)c1cc(NCC2CC2)ncn1. The molecule has 5 nitrogen and oxygen atoms in total. The number of rotatable bonds is 6. The summed E-state index contributed by atoms with van der Waals surface area (Å²) in [5, 5.41) is 13.3. The maximum atomic E-state index is 9.92. The third kappa shape index (κ3) is 3.39. The van der Waals surface area contributed by atoms with E-state index in [1.54, 1.807) is 6.33 Å². The van der Waals surface area contributed by atoms with E-state index in [0.717, 1.165) is 49.9 Å². The summed E-state index contributed by atoms with van der Waals surface area (Å²) in [6, 6.07) is 2.00. The molecule has 110 valence electrons. The molecule has 0 bridgehead atoms. The Balaban J connectivity index is 1.58. The first-order chi connectivity index (χ1) is 9.72. The second kappa shape index (κ2) is 5.95. The molecule has 0 aliphatic heterocycles. The summed E-state index contributed by atoms with van der Waals surface area (Å²) in [4.78, 5) is 10.7. The van der Waals surface area contributed by atoms with Gasteiger partial charge in [0.25, 0.3) is 0 Å². The second-order valence-electron chi connectivity index (χ2n) is 6.22. The van der Waals surface area contributed by atoms with Crippen LogP contribution in [-0.2, 0) is 0 Å². The van der Waals surface area contributed by atoms with Gasteiger partial charge in [-0.3, -0.25) is 0 Å². The van der Waals surface area contributed by atoms with Crippen LogP contribution in [0.4, 0.5) is 11.6 Å². The molecule has 1 aromatic rings. The molecule has 0 radical (unpaired) electrons. The van der Waals surface area contributed by atoms with Crippen LogP contribution < -0.4 is 10.2 Å². The van der Waals surface area contributed by atoms with E-state index >= 15 is 0 Å². The summed E-state index contributed by atoms with van der Waals surface area (Å²) in [5.41, 5.74) is 0. The van der Waals surface area contributed by atoms with Crippen LogP contribution in [0.2, 0.25) is 0 Å². The van der Waals surface area contributed by atoms with Crippen LogP contribution in [0.1, 0.15) is 32.1 Å². The smallest absolute Gasteiger partial charge is 0.133 e. The number of nitrogens with zero attached hydrogens (tertiary/aromatic N) is 3. The molecule has 2 aliphatic rings. The van der Waals surface area contributed by atoms with Gasteiger partial charge in [-0.15, -0.1) is 0 Å². The minimum absolute atomic E-state index is 0.147. The first-order valence-corrected chi connectivity index (χ1v) is 7.67. The molecule has 3 rings (SSSR count). The summed E-state index contributed by atoms with van der Waals surface area (Å²) in [7, 11) is 2.04. The fourth-order valence-electron chi connectivity index (χ4n) is 2.90. The number of anilines is 2. The lowest BCUT2D eigenvalue weighted by atomic mass is 10.1. The summed E-state index contributed by atoms with van der Waals surface area (Å²) in [6.45, 7) is 1.88. The largest absolute Gasteiger partial charge is 0.393 e. The topological polar surface area (TPSA) is 61.3 Å². The number of hydrogen-bond acceptors (Lipinski definition) is 5. The van der Waals surface area contributed by atoms with E-state index < -0.39 is 0 Å².